The van der Waals surface area contributed by atoms with Gasteiger partial charge in [0.15, 0.2) is 0 Å². The average Bonchev–Trinajstić information content (AvgIpc) is 3.09. The summed E-state index contributed by atoms with van der Waals surface area (Å²) in [5.41, 5.74) is 0.965. The van der Waals surface area contributed by atoms with E-state index in [1.807, 2.05) is 0 Å². The Balaban J connectivity index is 1.55. The lowest BCUT2D eigenvalue weighted by Gasteiger charge is -2.14. The van der Waals surface area contributed by atoms with E-state index < -0.39 is 17.7 Å². The molecule has 27 heavy (non-hydrogen) atoms. The van der Waals surface area contributed by atoms with Crippen molar-refractivity contribution >= 4 is 17.5 Å². The summed E-state index contributed by atoms with van der Waals surface area (Å²) in [4.78, 5) is 16.3. The third-order valence-corrected chi connectivity index (χ3v) is 4.19. The summed E-state index contributed by atoms with van der Waals surface area (Å²) in [6.07, 6.45) is 0.334. The Morgan fingerprint density at radius 2 is 1.96 bits per heavy atom. The molecular weight excluding hydrogens is 376 g/mol. The molecule has 0 aliphatic carbocycles. The predicted octanol–water partition coefficient (Wildman–Crippen LogP) is 4.48. The Hall–Kier alpha value is -2.80. The van der Waals surface area contributed by atoms with Crippen LogP contribution in [0.4, 0.5) is 8.78 Å². The lowest BCUT2D eigenvalue weighted by atomic mass is 10.1. The number of rotatable bonds is 6. The van der Waals surface area contributed by atoms with Crippen molar-refractivity contribution in [1.82, 2.24) is 15.5 Å². The molecule has 0 aliphatic heterocycles. The molecule has 1 amide bonds. The van der Waals surface area contributed by atoms with Crippen LogP contribution in [0, 0.1) is 11.6 Å². The molecule has 1 N–H and O–H groups in total. The Morgan fingerprint density at radius 3 is 2.67 bits per heavy atom. The van der Waals surface area contributed by atoms with E-state index >= 15 is 0 Å². The molecule has 1 atom stereocenters. The minimum atomic E-state index is -0.702. The van der Waals surface area contributed by atoms with E-state index in [1.54, 1.807) is 31.2 Å². The van der Waals surface area contributed by atoms with Crippen molar-refractivity contribution in [1.29, 1.82) is 0 Å². The van der Waals surface area contributed by atoms with Crippen LogP contribution >= 0.6 is 11.6 Å². The quantitative estimate of drug-likeness (QED) is 0.672. The van der Waals surface area contributed by atoms with Crippen LogP contribution in [0.1, 0.15) is 30.8 Å². The Labute approximate surface area is 159 Å². The number of nitrogens with zero attached hydrogens (tertiary/aromatic N) is 2. The van der Waals surface area contributed by atoms with Crippen LogP contribution in [0.25, 0.3) is 11.4 Å². The molecule has 0 bridgehead atoms. The molecule has 1 heterocycles. The molecule has 0 aliphatic rings. The Kier molecular flexibility index (Phi) is 5.81. The van der Waals surface area contributed by atoms with E-state index in [4.69, 9.17) is 16.1 Å². The SMILES string of the molecule is C[C@H](NC(=O)CCc1nc(-c2ccc(Cl)cc2)no1)c1ccc(F)cc1F. The number of amides is 1. The highest BCUT2D eigenvalue weighted by Crippen LogP contribution is 2.20. The van der Waals surface area contributed by atoms with E-state index in [-0.39, 0.29) is 24.3 Å². The van der Waals surface area contributed by atoms with E-state index in [0.29, 0.717) is 16.7 Å². The molecule has 0 spiro atoms. The zero-order valence-corrected chi connectivity index (χ0v) is 15.1. The van der Waals surface area contributed by atoms with Crippen molar-refractivity contribution in [2.75, 3.05) is 0 Å². The molecule has 0 saturated carbocycles. The number of aromatic nitrogens is 2. The second-order valence-electron chi connectivity index (χ2n) is 5.97. The number of halogens is 3. The minimum absolute atomic E-state index is 0.0927. The van der Waals surface area contributed by atoms with Crippen LogP contribution in [0.15, 0.2) is 47.0 Å². The molecule has 3 aromatic rings. The van der Waals surface area contributed by atoms with Crippen LogP contribution in [-0.2, 0) is 11.2 Å². The molecule has 0 fully saturated rings. The minimum Gasteiger partial charge on any atom is -0.349 e. The van der Waals surface area contributed by atoms with Crippen molar-refractivity contribution in [3.63, 3.8) is 0 Å². The number of hydrogen-bond acceptors (Lipinski definition) is 4. The van der Waals surface area contributed by atoms with E-state index in [9.17, 15) is 13.6 Å². The van der Waals surface area contributed by atoms with Crippen LogP contribution in [0.2, 0.25) is 5.02 Å². The first-order valence-corrected chi connectivity index (χ1v) is 8.63. The zero-order valence-electron chi connectivity index (χ0n) is 14.4. The summed E-state index contributed by atoms with van der Waals surface area (Å²) in [7, 11) is 0. The van der Waals surface area contributed by atoms with Gasteiger partial charge in [-0.05, 0) is 37.3 Å². The van der Waals surface area contributed by atoms with Crippen LogP contribution in [-0.4, -0.2) is 16.0 Å². The normalized spacial score (nSPS) is 12.0. The fraction of sp³-hybridized carbons (Fsp3) is 0.211. The molecule has 0 unspecified atom stereocenters. The number of aryl methyl sites for hydroxylation is 1. The van der Waals surface area contributed by atoms with Crippen molar-refractivity contribution in [2.45, 2.75) is 25.8 Å². The lowest BCUT2D eigenvalue weighted by molar-refractivity contribution is -0.121. The summed E-state index contributed by atoms with van der Waals surface area (Å²) >= 11 is 5.84. The van der Waals surface area contributed by atoms with Gasteiger partial charge in [-0.15, -0.1) is 0 Å². The van der Waals surface area contributed by atoms with Gasteiger partial charge in [-0.25, -0.2) is 8.78 Å². The summed E-state index contributed by atoms with van der Waals surface area (Å²) in [6, 6.07) is 9.63. The lowest BCUT2D eigenvalue weighted by Crippen LogP contribution is -2.27. The smallest absolute Gasteiger partial charge is 0.227 e. The van der Waals surface area contributed by atoms with E-state index in [1.165, 1.54) is 6.07 Å². The zero-order chi connectivity index (χ0) is 19.4. The molecule has 0 radical (unpaired) electrons. The van der Waals surface area contributed by atoms with Crippen molar-refractivity contribution < 1.29 is 18.1 Å². The van der Waals surface area contributed by atoms with Gasteiger partial charge in [-0.3, -0.25) is 4.79 Å². The van der Waals surface area contributed by atoms with Crippen LogP contribution < -0.4 is 5.32 Å². The third kappa shape index (κ3) is 4.89. The van der Waals surface area contributed by atoms with Gasteiger partial charge in [-0.2, -0.15) is 4.98 Å². The number of carbonyl (C=O) groups excluding carboxylic acids is 1. The molecule has 0 saturated heterocycles. The summed E-state index contributed by atoms with van der Waals surface area (Å²) in [5.74, 6) is -0.952. The highest BCUT2D eigenvalue weighted by Gasteiger charge is 2.16. The fourth-order valence-corrected chi connectivity index (χ4v) is 2.66. The molecule has 2 aromatic carbocycles. The van der Waals surface area contributed by atoms with Gasteiger partial charge in [0, 0.05) is 35.1 Å². The largest absolute Gasteiger partial charge is 0.349 e. The summed E-state index contributed by atoms with van der Waals surface area (Å²) in [6.45, 7) is 1.62. The topological polar surface area (TPSA) is 68.0 Å². The predicted molar refractivity (Wildman–Crippen MR) is 96.0 cm³/mol. The second-order valence-corrected chi connectivity index (χ2v) is 6.41. The highest BCUT2D eigenvalue weighted by molar-refractivity contribution is 6.30. The summed E-state index contributed by atoms with van der Waals surface area (Å²) < 4.78 is 31.9. The Bertz CT molecular complexity index is 944. The van der Waals surface area contributed by atoms with Gasteiger partial charge in [-0.1, -0.05) is 22.8 Å². The van der Waals surface area contributed by atoms with Gasteiger partial charge < -0.3 is 9.84 Å². The van der Waals surface area contributed by atoms with Crippen molar-refractivity contribution in [3.05, 3.63) is 70.6 Å². The van der Waals surface area contributed by atoms with Gasteiger partial charge >= 0.3 is 0 Å². The maximum atomic E-state index is 13.8. The second kappa shape index (κ2) is 8.26. The van der Waals surface area contributed by atoms with Crippen LogP contribution in [0.3, 0.4) is 0 Å². The first-order chi connectivity index (χ1) is 12.9. The summed E-state index contributed by atoms with van der Waals surface area (Å²) in [5, 5.41) is 7.14. The first kappa shape index (κ1) is 19.0. The number of hydrogen-bond donors (Lipinski definition) is 1. The van der Waals surface area contributed by atoms with Crippen molar-refractivity contribution in [2.24, 2.45) is 0 Å². The van der Waals surface area contributed by atoms with Crippen LogP contribution in [0.5, 0.6) is 0 Å². The van der Waals surface area contributed by atoms with E-state index in [0.717, 1.165) is 17.7 Å². The average molecular weight is 392 g/mol. The number of carbonyl (C=O) groups is 1. The molecule has 3 rings (SSSR count). The monoisotopic (exact) mass is 391 g/mol. The highest BCUT2D eigenvalue weighted by atomic mass is 35.5. The number of benzene rings is 2. The Morgan fingerprint density at radius 1 is 1.22 bits per heavy atom. The van der Waals surface area contributed by atoms with Gasteiger partial charge in [0.05, 0.1) is 6.04 Å². The van der Waals surface area contributed by atoms with E-state index in [2.05, 4.69) is 15.5 Å². The van der Waals surface area contributed by atoms with Crippen molar-refractivity contribution in [3.8, 4) is 11.4 Å². The van der Waals surface area contributed by atoms with Gasteiger partial charge in [0.1, 0.15) is 11.6 Å². The van der Waals surface area contributed by atoms with Gasteiger partial charge in [0.2, 0.25) is 17.6 Å². The molecular formula is C19H16ClF2N3O2. The molecule has 5 nitrogen and oxygen atoms in total. The first-order valence-electron chi connectivity index (χ1n) is 8.25. The maximum absolute atomic E-state index is 13.8. The van der Waals surface area contributed by atoms with Gasteiger partial charge in [0.25, 0.3) is 0 Å². The fourth-order valence-electron chi connectivity index (χ4n) is 2.54. The standard InChI is InChI=1S/C19H16ClF2N3O2/c1-11(15-7-6-14(21)10-16(15)22)23-17(26)8-9-18-24-19(25-27-18)12-2-4-13(20)5-3-12/h2-7,10-11H,8-9H2,1H3,(H,23,26)/t11-/m0/s1. The molecule has 8 heteroatoms. The third-order valence-electron chi connectivity index (χ3n) is 3.94. The molecule has 1 aromatic heterocycles. The maximum Gasteiger partial charge on any atom is 0.227 e. The number of nitrogens with one attached hydrogen (secondary N) is 1. The molecule has 140 valence electrons.